The van der Waals surface area contributed by atoms with E-state index in [-0.39, 0.29) is 30.2 Å². The zero-order valence-electron chi connectivity index (χ0n) is 11.8. The van der Waals surface area contributed by atoms with Crippen LogP contribution in [0.3, 0.4) is 0 Å². The summed E-state index contributed by atoms with van der Waals surface area (Å²) in [5.41, 5.74) is -0.104. The van der Waals surface area contributed by atoms with Crippen molar-refractivity contribution in [3.63, 3.8) is 0 Å². The number of hydrogen-bond acceptors (Lipinski definition) is 7. The second-order valence-corrected chi connectivity index (χ2v) is 4.88. The van der Waals surface area contributed by atoms with Gasteiger partial charge in [-0.1, -0.05) is 0 Å². The van der Waals surface area contributed by atoms with E-state index in [4.69, 9.17) is 14.2 Å². The second-order valence-electron chi connectivity index (χ2n) is 4.88. The summed E-state index contributed by atoms with van der Waals surface area (Å²) in [5.74, 6) is 0.751. The smallest absolute Gasteiger partial charge is 0.473 e. The van der Waals surface area contributed by atoms with Gasteiger partial charge in [-0.05, 0) is 18.2 Å². The van der Waals surface area contributed by atoms with Crippen molar-refractivity contribution in [2.75, 3.05) is 13.2 Å². The lowest BCUT2D eigenvalue weighted by Crippen LogP contribution is -2.48. The number of carbonyl (C=O) groups is 2. The minimum absolute atomic E-state index is 0.0388. The third-order valence-electron chi connectivity index (χ3n) is 3.39. The van der Waals surface area contributed by atoms with Gasteiger partial charge in [0, 0.05) is 12.1 Å². The second kappa shape index (κ2) is 5.95. The van der Waals surface area contributed by atoms with Crippen LogP contribution >= 0.6 is 0 Å². The predicted molar refractivity (Wildman–Crippen MR) is 74.4 cm³/mol. The summed E-state index contributed by atoms with van der Waals surface area (Å²) in [4.78, 5) is 34.2. The summed E-state index contributed by atoms with van der Waals surface area (Å²) in [7, 11) is 0. The van der Waals surface area contributed by atoms with Crippen LogP contribution in [0.4, 0.5) is 10.5 Å². The first-order valence-electron chi connectivity index (χ1n) is 6.77. The third kappa shape index (κ3) is 3.23. The zero-order chi connectivity index (χ0) is 16.4. The maximum absolute atomic E-state index is 11.5. The molecule has 2 aliphatic rings. The average Bonchev–Trinajstić information content (AvgIpc) is 2.84. The molecule has 2 fully saturated rings. The molecule has 1 aromatic rings. The summed E-state index contributed by atoms with van der Waals surface area (Å²) >= 11 is 0. The summed E-state index contributed by atoms with van der Waals surface area (Å²) < 4.78 is 15.2. The van der Waals surface area contributed by atoms with Gasteiger partial charge in [0.2, 0.25) is 5.91 Å². The Morgan fingerprint density at radius 1 is 1.43 bits per heavy atom. The molecule has 0 bridgehead atoms. The Hall–Kier alpha value is -3.10. The number of carbonyl (C=O) groups excluding carboxylic acids is 2. The summed E-state index contributed by atoms with van der Waals surface area (Å²) in [6, 6.07) is 5.04. The lowest BCUT2D eigenvalue weighted by molar-refractivity contribution is -0.384. The van der Waals surface area contributed by atoms with E-state index >= 15 is 0 Å². The van der Waals surface area contributed by atoms with Gasteiger partial charge in [0.1, 0.15) is 18.1 Å². The molecule has 0 saturated carbocycles. The van der Waals surface area contributed by atoms with Crippen LogP contribution in [0.5, 0.6) is 5.75 Å². The number of rotatable bonds is 4. The Labute approximate surface area is 130 Å². The minimum atomic E-state index is -0.937. The van der Waals surface area contributed by atoms with E-state index < -0.39 is 11.1 Å². The fourth-order valence-electron chi connectivity index (χ4n) is 2.18. The zero-order valence-corrected chi connectivity index (χ0v) is 11.8. The number of nitro groups is 1. The van der Waals surface area contributed by atoms with Gasteiger partial charge in [-0.3, -0.25) is 19.8 Å². The monoisotopic (exact) mass is 320 g/mol. The van der Waals surface area contributed by atoms with Crippen molar-refractivity contribution >= 4 is 17.7 Å². The maximum Gasteiger partial charge on any atom is 0.514 e. The number of hydrogen-bond donors (Lipinski definition) is 0. The molecule has 0 aromatic heterocycles. The van der Waals surface area contributed by atoms with Gasteiger partial charge < -0.3 is 14.2 Å². The van der Waals surface area contributed by atoms with Crippen molar-refractivity contribution in [1.82, 2.24) is 4.90 Å². The molecule has 2 saturated heterocycles. The normalized spacial score (nSPS) is 20.5. The quantitative estimate of drug-likeness (QED) is 0.272. The number of benzene rings is 1. The summed E-state index contributed by atoms with van der Waals surface area (Å²) in [5, 5.41) is 10.5. The summed E-state index contributed by atoms with van der Waals surface area (Å²) in [6.07, 6.45) is 0.803. The Bertz CT molecular complexity index is 683. The molecule has 1 unspecified atom stereocenters. The number of ether oxygens (including phenoxy) is 3. The number of nitro benzene ring substituents is 1. The van der Waals surface area contributed by atoms with Gasteiger partial charge in [0.05, 0.1) is 17.9 Å². The number of amides is 1. The van der Waals surface area contributed by atoms with Crippen LogP contribution in [-0.4, -0.2) is 41.3 Å². The van der Waals surface area contributed by atoms with Crippen LogP contribution in [0, 0.1) is 10.1 Å². The molecular formula is C14H12N2O7. The Balaban J connectivity index is 1.45. The fourth-order valence-corrected chi connectivity index (χ4v) is 2.18. The van der Waals surface area contributed by atoms with Crippen molar-refractivity contribution in [2.45, 2.75) is 12.6 Å². The predicted octanol–water partition coefficient (Wildman–Crippen LogP) is 1.58. The largest absolute Gasteiger partial charge is 0.514 e. The van der Waals surface area contributed by atoms with E-state index in [0.717, 1.165) is 0 Å². The number of fused-ring (bicyclic) bond motifs is 1. The van der Waals surface area contributed by atoms with Gasteiger partial charge in [-0.2, -0.15) is 0 Å². The van der Waals surface area contributed by atoms with Crippen molar-refractivity contribution in [1.29, 1.82) is 0 Å². The van der Waals surface area contributed by atoms with E-state index in [1.807, 2.05) is 0 Å². The first kappa shape index (κ1) is 14.8. The maximum atomic E-state index is 11.5. The van der Waals surface area contributed by atoms with Gasteiger partial charge in [0.15, 0.2) is 6.23 Å². The van der Waals surface area contributed by atoms with Gasteiger partial charge in [-0.25, -0.2) is 4.79 Å². The molecule has 0 spiro atoms. The first-order chi connectivity index (χ1) is 11.0. The van der Waals surface area contributed by atoms with E-state index in [0.29, 0.717) is 18.7 Å². The Morgan fingerprint density at radius 3 is 2.78 bits per heavy atom. The van der Waals surface area contributed by atoms with E-state index in [1.54, 1.807) is 11.0 Å². The fraction of sp³-hybridized carbons (Fsp3) is 0.286. The van der Waals surface area contributed by atoms with Gasteiger partial charge in [0.25, 0.3) is 5.69 Å². The average molecular weight is 320 g/mol. The van der Waals surface area contributed by atoms with Crippen LogP contribution in [0.15, 0.2) is 36.1 Å². The molecule has 0 N–H and O–H groups in total. The first-order valence-corrected chi connectivity index (χ1v) is 6.77. The summed E-state index contributed by atoms with van der Waals surface area (Å²) in [6.45, 7) is 0.320. The number of β-lactam (4-membered cyclic amide) rings is 1. The van der Waals surface area contributed by atoms with Crippen molar-refractivity contribution in [3.8, 4) is 5.75 Å². The number of non-ortho nitro benzene ring substituents is 1. The molecule has 3 rings (SSSR count). The molecule has 2 aliphatic heterocycles. The van der Waals surface area contributed by atoms with Crippen molar-refractivity contribution in [2.24, 2.45) is 0 Å². The molecule has 1 aromatic carbocycles. The van der Waals surface area contributed by atoms with E-state index in [2.05, 4.69) is 0 Å². The molecule has 2 heterocycles. The Kier molecular flexibility index (Phi) is 3.83. The van der Waals surface area contributed by atoms with E-state index in [1.165, 1.54) is 24.3 Å². The minimum Gasteiger partial charge on any atom is -0.473 e. The van der Waals surface area contributed by atoms with Crippen LogP contribution in [0.25, 0.3) is 0 Å². The van der Waals surface area contributed by atoms with E-state index in [9.17, 15) is 19.7 Å². The third-order valence-corrected chi connectivity index (χ3v) is 3.39. The molecule has 1 atom stereocenters. The topological polar surface area (TPSA) is 108 Å². The number of nitrogens with zero attached hydrogens (tertiary/aromatic N) is 2. The standard InChI is InChI=1S/C14H12N2O7/c17-12-7-13-15(12)8-11(22-13)5-6-21-14(18)23-10-3-1-9(2-4-10)16(19)20/h1-5,13H,6-8H2/b11-5-. The highest BCUT2D eigenvalue weighted by molar-refractivity contribution is 5.83. The molecule has 0 radical (unpaired) electrons. The van der Waals surface area contributed by atoms with Crippen LogP contribution in [0.1, 0.15) is 6.42 Å². The highest BCUT2D eigenvalue weighted by Crippen LogP contribution is 2.30. The van der Waals surface area contributed by atoms with Crippen molar-refractivity contribution < 1.29 is 28.7 Å². The molecule has 23 heavy (non-hydrogen) atoms. The van der Waals surface area contributed by atoms with Gasteiger partial charge in [-0.15, -0.1) is 0 Å². The molecule has 120 valence electrons. The molecule has 0 aliphatic carbocycles. The highest BCUT2D eigenvalue weighted by Gasteiger charge is 2.43. The molecule has 9 heteroatoms. The van der Waals surface area contributed by atoms with Crippen molar-refractivity contribution in [3.05, 3.63) is 46.2 Å². The van der Waals surface area contributed by atoms with Crippen LogP contribution in [-0.2, 0) is 14.3 Å². The highest BCUT2D eigenvalue weighted by atomic mass is 16.7. The molecule has 9 nitrogen and oxygen atoms in total. The SMILES string of the molecule is O=C(OC/C=C1/CN2C(=O)CC2O1)Oc1ccc([N+](=O)[O-])cc1. The lowest BCUT2D eigenvalue weighted by Gasteiger charge is -2.30. The van der Waals surface area contributed by atoms with Crippen LogP contribution < -0.4 is 4.74 Å². The molecule has 1 amide bonds. The van der Waals surface area contributed by atoms with Crippen LogP contribution in [0.2, 0.25) is 0 Å². The lowest BCUT2D eigenvalue weighted by atomic mass is 10.2. The molecular weight excluding hydrogens is 308 g/mol. The van der Waals surface area contributed by atoms with Gasteiger partial charge >= 0.3 is 6.16 Å². The Morgan fingerprint density at radius 2 is 2.17 bits per heavy atom.